The molecule has 0 radical (unpaired) electrons. The first-order chi connectivity index (χ1) is 10.1. The predicted molar refractivity (Wildman–Crippen MR) is 80.6 cm³/mol. The zero-order valence-electron chi connectivity index (χ0n) is 10.4. The largest absolute Gasteiger partial charge is 0.356 e. The Balaban J connectivity index is 1.88. The average Bonchev–Trinajstić information content (AvgIpc) is 3.12. The van der Waals surface area contributed by atoms with E-state index in [2.05, 4.69) is 41.8 Å². The van der Waals surface area contributed by atoms with E-state index < -0.39 is 0 Å². The van der Waals surface area contributed by atoms with Crippen molar-refractivity contribution in [3.63, 3.8) is 0 Å². The minimum atomic E-state index is -0.295. The van der Waals surface area contributed by atoms with Crippen molar-refractivity contribution in [3.05, 3.63) is 52.0 Å². The highest BCUT2D eigenvalue weighted by atomic mass is 79.9. The summed E-state index contributed by atoms with van der Waals surface area (Å²) >= 11 is 9.37. The molecule has 0 atom stereocenters. The fraction of sp³-hybridized carbons (Fsp3) is 0. The van der Waals surface area contributed by atoms with Gasteiger partial charge in [-0.2, -0.15) is 0 Å². The average molecular weight is 368 g/mol. The molecule has 2 N–H and O–H groups in total. The van der Waals surface area contributed by atoms with Crippen LogP contribution in [0.25, 0.3) is 5.69 Å². The number of carbonyl (C=O) groups is 1. The second-order valence-corrected chi connectivity index (χ2v) is 5.43. The Morgan fingerprint density at radius 3 is 2.90 bits per heavy atom. The third-order valence-corrected chi connectivity index (χ3v) is 3.49. The molecule has 1 aromatic carbocycles. The first-order valence-corrected chi connectivity index (χ1v) is 6.99. The number of H-pyrrole nitrogens is 1. The van der Waals surface area contributed by atoms with Crippen molar-refractivity contribution in [1.82, 2.24) is 25.2 Å². The molecule has 3 rings (SSSR count). The SMILES string of the molecule is O=C(Nc1cc(-n2cnnn2)ccc1Cl)c1cc(Br)c[nH]1. The van der Waals surface area contributed by atoms with E-state index in [1.54, 1.807) is 30.5 Å². The molecule has 2 heterocycles. The van der Waals surface area contributed by atoms with Gasteiger partial charge >= 0.3 is 0 Å². The van der Waals surface area contributed by atoms with Crippen molar-refractivity contribution in [2.75, 3.05) is 5.32 Å². The summed E-state index contributed by atoms with van der Waals surface area (Å²) in [5.41, 5.74) is 1.58. The van der Waals surface area contributed by atoms with E-state index in [1.165, 1.54) is 11.0 Å². The number of tetrazole rings is 1. The molecule has 3 aromatic rings. The number of halogens is 2. The topological polar surface area (TPSA) is 88.5 Å². The number of aromatic nitrogens is 5. The van der Waals surface area contributed by atoms with Gasteiger partial charge in [0.1, 0.15) is 12.0 Å². The molecule has 0 saturated heterocycles. The van der Waals surface area contributed by atoms with E-state index >= 15 is 0 Å². The van der Waals surface area contributed by atoms with Gasteiger partial charge in [0.2, 0.25) is 0 Å². The van der Waals surface area contributed by atoms with Crippen LogP contribution < -0.4 is 5.32 Å². The van der Waals surface area contributed by atoms with Gasteiger partial charge in [0, 0.05) is 10.7 Å². The second-order valence-electron chi connectivity index (χ2n) is 4.10. The van der Waals surface area contributed by atoms with Crippen LogP contribution in [-0.4, -0.2) is 31.1 Å². The normalized spacial score (nSPS) is 10.6. The number of anilines is 1. The Labute approximate surface area is 132 Å². The van der Waals surface area contributed by atoms with Gasteiger partial charge in [-0.1, -0.05) is 11.6 Å². The van der Waals surface area contributed by atoms with Crippen molar-refractivity contribution in [2.24, 2.45) is 0 Å². The van der Waals surface area contributed by atoms with Crippen LogP contribution in [0.2, 0.25) is 5.02 Å². The van der Waals surface area contributed by atoms with Gasteiger partial charge in [-0.15, -0.1) is 5.10 Å². The van der Waals surface area contributed by atoms with Crippen LogP contribution >= 0.6 is 27.5 Å². The van der Waals surface area contributed by atoms with Crippen LogP contribution in [0.15, 0.2) is 41.3 Å². The molecule has 0 fully saturated rings. The number of nitrogens with zero attached hydrogens (tertiary/aromatic N) is 4. The molecule has 0 spiro atoms. The highest BCUT2D eigenvalue weighted by molar-refractivity contribution is 9.10. The van der Waals surface area contributed by atoms with Crippen LogP contribution in [0.1, 0.15) is 10.5 Å². The zero-order chi connectivity index (χ0) is 14.8. The summed E-state index contributed by atoms with van der Waals surface area (Å²) in [6.07, 6.45) is 3.13. The predicted octanol–water partition coefficient (Wildman–Crippen LogP) is 2.66. The maximum Gasteiger partial charge on any atom is 0.272 e. The van der Waals surface area contributed by atoms with E-state index in [0.717, 1.165) is 4.47 Å². The number of aromatic amines is 1. The van der Waals surface area contributed by atoms with Gasteiger partial charge < -0.3 is 10.3 Å². The van der Waals surface area contributed by atoms with Gasteiger partial charge in [0.25, 0.3) is 5.91 Å². The summed E-state index contributed by atoms with van der Waals surface area (Å²) in [5.74, 6) is -0.295. The van der Waals surface area contributed by atoms with Crippen molar-refractivity contribution < 1.29 is 4.79 Å². The number of carbonyl (C=O) groups excluding carboxylic acids is 1. The van der Waals surface area contributed by atoms with Crippen molar-refractivity contribution in [1.29, 1.82) is 0 Å². The number of hydrogen-bond donors (Lipinski definition) is 2. The number of benzene rings is 1. The summed E-state index contributed by atoms with van der Waals surface area (Å²) in [7, 11) is 0. The minimum absolute atomic E-state index is 0.295. The maximum atomic E-state index is 12.1. The summed E-state index contributed by atoms with van der Waals surface area (Å²) in [6.45, 7) is 0. The molecule has 0 bridgehead atoms. The molecule has 0 unspecified atom stereocenters. The molecule has 1 amide bonds. The standard InChI is InChI=1S/C12H8BrClN6O/c13-7-3-11(15-5-7)12(21)17-10-4-8(1-2-9(10)14)20-6-16-18-19-20/h1-6,15H,(H,17,21). The lowest BCUT2D eigenvalue weighted by atomic mass is 10.2. The Hall–Kier alpha value is -2.19. The summed E-state index contributed by atoms with van der Waals surface area (Å²) < 4.78 is 2.26. The minimum Gasteiger partial charge on any atom is -0.356 e. The van der Waals surface area contributed by atoms with E-state index in [0.29, 0.717) is 22.1 Å². The number of rotatable bonds is 3. The molecule has 0 aliphatic rings. The van der Waals surface area contributed by atoms with Gasteiger partial charge in [-0.3, -0.25) is 4.79 Å². The van der Waals surface area contributed by atoms with Crippen molar-refractivity contribution in [2.45, 2.75) is 0 Å². The molecular weight excluding hydrogens is 360 g/mol. The van der Waals surface area contributed by atoms with Crippen LogP contribution in [0, 0.1) is 0 Å². The van der Waals surface area contributed by atoms with E-state index in [1.807, 2.05) is 0 Å². The first-order valence-electron chi connectivity index (χ1n) is 5.81. The lowest BCUT2D eigenvalue weighted by molar-refractivity contribution is 0.102. The Bertz CT molecular complexity index is 785. The fourth-order valence-electron chi connectivity index (χ4n) is 1.72. The Kier molecular flexibility index (Phi) is 3.72. The molecule has 106 valence electrons. The van der Waals surface area contributed by atoms with E-state index in [-0.39, 0.29) is 5.91 Å². The van der Waals surface area contributed by atoms with E-state index in [4.69, 9.17) is 11.6 Å². The van der Waals surface area contributed by atoms with Gasteiger partial charge in [-0.05, 0) is 50.6 Å². The van der Waals surface area contributed by atoms with E-state index in [9.17, 15) is 4.79 Å². The molecule has 0 aliphatic heterocycles. The Morgan fingerprint density at radius 2 is 2.24 bits per heavy atom. The van der Waals surface area contributed by atoms with Gasteiger partial charge in [-0.25, -0.2) is 4.68 Å². The summed E-state index contributed by atoms with van der Waals surface area (Å²) in [6, 6.07) is 6.78. The van der Waals surface area contributed by atoms with Crippen LogP contribution in [0.4, 0.5) is 5.69 Å². The molecule has 7 nitrogen and oxygen atoms in total. The van der Waals surface area contributed by atoms with Gasteiger partial charge in [0.15, 0.2) is 0 Å². The summed E-state index contributed by atoms with van der Waals surface area (Å²) in [5, 5.41) is 14.1. The second kappa shape index (κ2) is 5.66. The van der Waals surface area contributed by atoms with Crippen molar-refractivity contribution >= 4 is 39.1 Å². The first kappa shape index (κ1) is 13.8. The van der Waals surface area contributed by atoms with Crippen molar-refractivity contribution in [3.8, 4) is 5.69 Å². The maximum absolute atomic E-state index is 12.1. The fourth-order valence-corrected chi connectivity index (χ4v) is 2.23. The molecule has 0 saturated carbocycles. The number of nitrogens with one attached hydrogen (secondary N) is 2. The third kappa shape index (κ3) is 2.96. The third-order valence-electron chi connectivity index (χ3n) is 2.70. The molecule has 2 aromatic heterocycles. The van der Waals surface area contributed by atoms with Crippen LogP contribution in [-0.2, 0) is 0 Å². The highest BCUT2D eigenvalue weighted by Gasteiger charge is 2.11. The smallest absolute Gasteiger partial charge is 0.272 e. The molecule has 21 heavy (non-hydrogen) atoms. The molecule has 0 aliphatic carbocycles. The molecule has 9 heteroatoms. The number of hydrogen-bond acceptors (Lipinski definition) is 4. The van der Waals surface area contributed by atoms with Gasteiger partial charge in [0.05, 0.1) is 16.4 Å². The lowest BCUT2D eigenvalue weighted by Gasteiger charge is -2.08. The molecular formula is C12H8BrClN6O. The number of amides is 1. The van der Waals surface area contributed by atoms with Crippen LogP contribution in [0.5, 0.6) is 0 Å². The monoisotopic (exact) mass is 366 g/mol. The quantitative estimate of drug-likeness (QED) is 0.745. The highest BCUT2D eigenvalue weighted by Crippen LogP contribution is 2.25. The lowest BCUT2D eigenvalue weighted by Crippen LogP contribution is -2.13. The zero-order valence-corrected chi connectivity index (χ0v) is 12.8. The Morgan fingerprint density at radius 1 is 1.38 bits per heavy atom. The van der Waals surface area contributed by atoms with Crippen LogP contribution in [0.3, 0.4) is 0 Å². The summed E-state index contributed by atoms with van der Waals surface area (Å²) in [4.78, 5) is 15.0.